The van der Waals surface area contributed by atoms with Crippen LogP contribution in [-0.2, 0) is 0 Å². The quantitative estimate of drug-likeness (QED) is 0.626. The zero-order valence-electron chi connectivity index (χ0n) is 9.38. The van der Waals surface area contributed by atoms with Gasteiger partial charge >= 0.3 is 0 Å². The van der Waals surface area contributed by atoms with Gasteiger partial charge in [-0.1, -0.05) is 0 Å². The molecule has 0 saturated carbocycles. The molecule has 0 radical (unpaired) electrons. The van der Waals surface area contributed by atoms with Crippen LogP contribution in [0.1, 0.15) is 11.6 Å². The Morgan fingerprint density at radius 3 is 2.65 bits per heavy atom. The second kappa shape index (κ2) is 3.27. The molecule has 0 saturated heterocycles. The highest BCUT2D eigenvalue weighted by molar-refractivity contribution is 5.91. The van der Waals surface area contributed by atoms with Gasteiger partial charge in [-0.3, -0.25) is 0 Å². The number of aromatic nitrogens is 5. The molecular weight excluding hydrogens is 220 g/mol. The zero-order chi connectivity index (χ0) is 12.0. The summed E-state index contributed by atoms with van der Waals surface area (Å²) in [6, 6.07) is 3.57. The van der Waals surface area contributed by atoms with Gasteiger partial charge in [0.25, 0.3) is 0 Å². The molecule has 0 aliphatic rings. The van der Waals surface area contributed by atoms with E-state index in [-0.39, 0.29) is 0 Å². The van der Waals surface area contributed by atoms with Crippen LogP contribution >= 0.6 is 0 Å². The number of hydrogen-bond acceptors (Lipinski definition) is 6. The highest BCUT2D eigenvalue weighted by Crippen LogP contribution is 2.24. The molecule has 17 heavy (non-hydrogen) atoms. The average molecular weight is 230 g/mol. The normalized spacial score (nSPS) is 11.2. The van der Waals surface area contributed by atoms with Crippen molar-refractivity contribution in [1.82, 2.24) is 25.1 Å². The number of fused-ring (bicyclic) bond motifs is 1. The van der Waals surface area contributed by atoms with Gasteiger partial charge in [-0.05, 0) is 36.3 Å². The Morgan fingerprint density at radius 2 is 1.94 bits per heavy atom. The van der Waals surface area contributed by atoms with Crippen molar-refractivity contribution < 1.29 is 4.63 Å². The van der Waals surface area contributed by atoms with Crippen LogP contribution < -0.4 is 5.73 Å². The first-order chi connectivity index (χ1) is 8.16. The van der Waals surface area contributed by atoms with E-state index < -0.39 is 0 Å². The monoisotopic (exact) mass is 230 g/mol. The lowest BCUT2D eigenvalue weighted by molar-refractivity contribution is 0.315. The molecule has 0 fully saturated rings. The Hall–Kier alpha value is -2.44. The molecule has 1 aromatic carbocycles. The summed E-state index contributed by atoms with van der Waals surface area (Å²) in [5, 5.41) is 11.9. The molecule has 7 nitrogen and oxygen atoms in total. The summed E-state index contributed by atoms with van der Waals surface area (Å²) >= 11 is 0. The van der Waals surface area contributed by atoms with Gasteiger partial charge in [-0.2, -0.15) is 5.10 Å². The number of hydrogen-bond donors (Lipinski definition) is 1. The van der Waals surface area contributed by atoms with Crippen molar-refractivity contribution in [3.8, 4) is 5.69 Å². The van der Waals surface area contributed by atoms with E-state index in [1.54, 1.807) is 10.7 Å². The number of rotatable bonds is 1. The Labute approximate surface area is 96.2 Å². The third kappa shape index (κ3) is 1.36. The Balaban J connectivity index is 2.34. The van der Waals surface area contributed by atoms with Crippen LogP contribution in [0.5, 0.6) is 0 Å². The van der Waals surface area contributed by atoms with E-state index in [4.69, 9.17) is 10.4 Å². The first-order valence-corrected chi connectivity index (χ1v) is 5.08. The summed E-state index contributed by atoms with van der Waals surface area (Å²) in [6.45, 7) is 3.70. The molecule has 2 aromatic heterocycles. The van der Waals surface area contributed by atoms with Gasteiger partial charge in [0.05, 0.1) is 11.4 Å². The standard InChI is InChI=1S/C10H10N6O/c1-5-12-6(2)16(13-5)8-4-3-7(11)9-10(8)15-17-14-9/h3-4H,11H2,1-2H3. The third-order valence-corrected chi connectivity index (χ3v) is 2.53. The number of nitrogens with zero attached hydrogens (tertiary/aromatic N) is 5. The summed E-state index contributed by atoms with van der Waals surface area (Å²) in [6.07, 6.45) is 0. The maximum atomic E-state index is 5.78. The lowest BCUT2D eigenvalue weighted by atomic mass is 10.2. The number of aryl methyl sites for hydroxylation is 2. The maximum Gasteiger partial charge on any atom is 0.163 e. The van der Waals surface area contributed by atoms with E-state index in [1.165, 1.54) is 0 Å². The molecule has 7 heteroatoms. The fourth-order valence-corrected chi connectivity index (χ4v) is 1.79. The SMILES string of the molecule is Cc1nc(C)n(-c2ccc(N)c3nonc23)n1. The van der Waals surface area contributed by atoms with Crippen molar-refractivity contribution in [2.45, 2.75) is 13.8 Å². The first kappa shape index (κ1) is 9.76. The van der Waals surface area contributed by atoms with Crippen LogP contribution in [0.2, 0.25) is 0 Å². The largest absolute Gasteiger partial charge is 0.397 e. The van der Waals surface area contributed by atoms with Crippen molar-refractivity contribution in [1.29, 1.82) is 0 Å². The second-order valence-electron chi connectivity index (χ2n) is 3.75. The highest BCUT2D eigenvalue weighted by Gasteiger charge is 2.14. The summed E-state index contributed by atoms with van der Waals surface area (Å²) in [4.78, 5) is 4.24. The molecule has 2 N–H and O–H groups in total. The topological polar surface area (TPSA) is 95.7 Å². The van der Waals surface area contributed by atoms with Gasteiger partial charge < -0.3 is 5.73 Å². The smallest absolute Gasteiger partial charge is 0.163 e. The van der Waals surface area contributed by atoms with E-state index in [1.807, 2.05) is 19.9 Å². The molecule has 3 rings (SSSR count). The van der Waals surface area contributed by atoms with E-state index in [0.717, 1.165) is 11.5 Å². The van der Waals surface area contributed by atoms with Gasteiger partial charge in [0.15, 0.2) is 11.0 Å². The molecule has 0 amide bonds. The van der Waals surface area contributed by atoms with Gasteiger partial charge in [0.2, 0.25) is 0 Å². The molecule has 0 atom stereocenters. The molecule has 3 aromatic rings. The zero-order valence-corrected chi connectivity index (χ0v) is 9.38. The Morgan fingerprint density at radius 1 is 1.18 bits per heavy atom. The van der Waals surface area contributed by atoms with Crippen LogP contribution in [0.25, 0.3) is 16.7 Å². The molecule has 0 unspecified atom stereocenters. The Kier molecular flexibility index (Phi) is 1.88. The van der Waals surface area contributed by atoms with E-state index in [0.29, 0.717) is 22.5 Å². The molecule has 2 heterocycles. The van der Waals surface area contributed by atoms with E-state index in [2.05, 4.69) is 20.4 Å². The lowest BCUT2D eigenvalue weighted by Gasteiger charge is -2.03. The molecule has 86 valence electrons. The minimum atomic E-state index is 0.527. The third-order valence-electron chi connectivity index (χ3n) is 2.53. The minimum Gasteiger partial charge on any atom is -0.397 e. The van der Waals surface area contributed by atoms with Crippen molar-refractivity contribution in [3.05, 3.63) is 23.8 Å². The van der Waals surface area contributed by atoms with E-state index >= 15 is 0 Å². The van der Waals surface area contributed by atoms with Gasteiger partial charge in [-0.25, -0.2) is 14.3 Å². The molecular formula is C10H10N6O. The fraction of sp³-hybridized carbons (Fsp3) is 0.200. The molecule has 0 aliphatic carbocycles. The second-order valence-corrected chi connectivity index (χ2v) is 3.75. The van der Waals surface area contributed by atoms with Crippen molar-refractivity contribution in [3.63, 3.8) is 0 Å². The lowest BCUT2D eigenvalue weighted by Crippen LogP contribution is -2.01. The van der Waals surface area contributed by atoms with Crippen LogP contribution in [0, 0.1) is 13.8 Å². The summed E-state index contributed by atoms with van der Waals surface area (Å²) in [7, 11) is 0. The fourth-order valence-electron chi connectivity index (χ4n) is 1.79. The van der Waals surface area contributed by atoms with Crippen LogP contribution in [0.3, 0.4) is 0 Å². The van der Waals surface area contributed by atoms with Crippen LogP contribution in [0.4, 0.5) is 5.69 Å². The molecule has 0 spiro atoms. The Bertz CT molecular complexity index is 698. The van der Waals surface area contributed by atoms with Gasteiger partial charge in [-0.15, -0.1) is 0 Å². The number of anilines is 1. The number of benzene rings is 1. The van der Waals surface area contributed by atoms with Gasteiger partial charge in [0.1, 0.15) is 11.6 Å². The number of nitrogens with two attached hydrogens (primary N) is 1. The van der Waals surface area contributed by atoms with Gasteiger partial charge in [0, 0.05) is 0 Å². The summed E-state index contributed by atoms with van der Waals surface area (Å²) in [5.41, 5.74) is 8.19. The first-order valence-electron chi connectivity index (χ1n) is 5.08. The van der Waals surface area contributed by atoms with Crippen molar-refractivity contribution in [2.24, 2.45) is 0 Å². The predicted molar refractivity (Wildman–Crippen MR) is 60.6 cm³/mol. The van der Waals surface area contributed by atoms with Crippen LogP contribution in [0.15, 0.2) is 16.8 Å². The molecule has 0 bridgehead atoms. The predicted octanol–water partition coefficient (Wildman–Crippen LogP) is 1.00. The van der Waals surface area contributed by atoms with E-state index in [9.17, 15) is 0 Å². The van der Waals surface area contributed by atoms with Crippen LogP contribution in [-0.4, -0.2) is 25.1 Å². The minimum absolute atomic E-state index is 0.527. The average Bonchev–Trinajstić information content (AvgIpc) is 2.87. The maximum absolute atomic E-state index is 5.78. The molecule has 0 aliphatic heterocycles. The summed E-state index contributed by atoms with van der Waals surface area (Å²) in [5.74, 6) is 1.47. The van der Waals surface area contributed by atoms with Crippen molar-refractivity contribution in [2.75, 3.05) is 5.73 Å². The highest BCUT2D eigenvalue weighted by atomic mass is 16.6. The number of nitrogen functional groups attached to an aromatic ring is 1. The van der Waals surface area contributed by atoms with Crippen molar-refractivity contribution >= 4 is 16.7 Å². The summed E-state index contributed by atoms with van der Waals surface area (Å²) < 4.78 is 6.41.